The summed E-state index contributed by atoms with van der Waals surface area (Å²) in [5.74, 6) is 0.114. The Hall–Kier alpha value is -2.59. The molecule has 0 spiro atoms. The van der Waals surface area contributed by atoms with E-state index in [-0.39, 0.29) is 5.92 Å². The molecule has 0 aliphatic carbocycles. The van der Waals surface area contributed by atoms with Gasteiger partial charge in [-0.1, -0.05) is 57.2 Å². The van der Waals surface area contributed by atoms with Crippen molar-refractivity contribution in [1.29, 1.82) is 5.26 Å². The summed E-state index contributed by atoms with van der Waals surface area (Å²) in [5.41, 5.74) is 0.0962. The first kappa shape index (κ1) is 26.7. The molecule has 2 aromatic rings. The Balaban J connectivity index is 2.82. The third-order valence-corrected chi connectivity index (χ3v) is 7.13. The van der Waals surface area contributed by atoms with Gasteiger partial charge < -0.3 is 24.3 Å². The molecule has 0 saturated carbocycles. The third kappa shape index (κ3) is 4.46. The van der Waals surface area contributed by atoms with Crippen molar-refractivity contribution in [3.05, 3.63) is 59.7 Å². The van der Waals surface area contributed by atoms with Crippen LogP contribution < -0.4 is 14.8 Å². The summed E-state index contributed by atoms with van der Waals surface area (Å²) in [5, 5.41) is 14.4. The van der Waals surface area contributed by atoms with Crippen LogP contribution in [0.5, 0.6) is 11.5 Å². The molecule has 0 aliphatic heterocycles. The zero-order chi connectivity index (χ0) is 24.7. The highest BCUT2D eigenvalue weighted by molar-refractivity contribution is 5.50. The maximum absolute atomic E-state index is 10.9. The van der Waals surface area contributed by atoms with Crippen LogP contribution in [-0.4, -0.2) is 41.0 Å². The van der Waals surface area contributed by atoms with E-state index in [9.17, 15) is 5.26 Å². The number of benzene rings is 2. The Labute approximate surface area is 198 Å². The second-order valence-electron chi connectivity index (χ2n) is 8.53. The smallest absolute Gasteiger partial charge is 0.196 e. The summed E-state index contributed by atoms with van der Waals surface area (Å²) in [6.45, 7) is 6.24. The Morgan fingerprint density at radius 3 is 1.94 bits per heavy atom. The van der Waals surface area contributed by atoms with Crippen molar-refractivity contribution < 1.29 is 18.9 Å². The van der Waals surface area contributed by atoms with E-state index in [1.807, 2.05) is 55.6 Å². The number of hydrogen-bond donors (Lipinski definition) is 1. The van der Waals surface area contributed by atoms with Gasteiger partial charge in [0, 0.05) is 31.7 Å². The summed E-state index contributed by atoms with van der Waals surface area (Å²) in [6, 6.07) is 18.3. The largest absolute Gasteiger partial charge is 0.493 e. The number of likely N-dealkylation sites (N-methyl/N-ethyl adjacent to an activating group) is 1. The molecule has 0 bridgehead atoms. The van der Waals surface area contributed by atoms with Crippen LogP contribution in [0.25, 0.3) is 0 Å². The lowest BCUT2D eigenvalue weighted by atomic mass is 9.56. The second kappa shape index (κ2) is 11.0. The van der Waals surface area contributed by atoms with Crippen LogP contribution in [0.15, 0.2) is 48.5 Å². The molecule has 0 aromatic heterocycles. The molecular weight excluding hydrogens is 416 g/mol. The van der Waals surface area contributed by atoms with Crippen molar-refractivity contribution >= 4 is 0 Å². The highest BCUT2D eigenvalue weighted by Gasteiger charge is 2.57. The number of ether oxygens (including phenoxy) is 4. The van der Waals surface area contributed by atoms with Gasteiger partial charge >= 0.3 is 0 Å². The molecular formula is C27H38N2O4. The summed E-state index contributed by atoms with van der Waals surface area (Å²) >= 11 is 0. The first-order chi connectivity index (χ1) is 15.8. The fourth-order valence-electron chi connectivity index (χ4n) is 5.20. The van der Waals surface area contributed by atoms with Gasteiger partial charge in [0.2, 0.25) is 0 Å². The van der Waals surface area contributed by atoms with Gasteiger partial charge in [-0.05, 0) is 37.1 Å². The van der Waals surface area contributed by atoms with Crippen LogP contribution >= 0.6 is 0 Å². The Kier molecular flexibility index (Phi) is 8.90. The SMILES string of the molecule is CCC(CC(OC)(OC)c1ccccc1)(NC)C(C#N)(c1ccc(OC)c(OC)c1)C(C)C. The first-order valence-electron chi connectivity index (χ1n) is 11.3. The zero-order valence-corrected chi connectivity index (χ0v) is 21.2. The number of nitrogens with zero attached hydrogens (tertiary/aromatic N) is 1. The van der Waals surface area contributed by atoms with E-state index in [2.05, 4.69) is 32.2 Å². The van der Waals surface area contributed by atoms with E-state index in [1.54, 1.807) is 28.4 Å². The van der Waals surface area contributed by atoms with Crippen molar-refractivity contribution in [3.8, 4) is 17.6 Å². The lowest BCUT2D eigenvalue weighted by molar-refractivity contribution is -0.234. The van der Waals surface area contributed by atoms with Crippen molar-refractivity contribution in [1.82, 2.24) is 5.32 Å². The lowest BCUT2D eigenvalue weighted by Crippen LogP contribution is -2.64. The summed E-state index contributed by atoms with van der Waals surface area (Å²) in [4.78, 5) is 0. The van der Waals surface area contributed by atoms with Crippen LogP contribution in [0, 0.1) is 17.2 Å². The fourth-order valence-corrected chi connectivity index (χ4v) is 5.20. The predicted molar refractivity (Wildman–Crippen MR) is 131 cm³/mol. The second-order valence-corrected chi connectivity index (χ2v) is 8.53. The normalized spacial score (nSPS) is 15.4. The molecule has 6 nitrogen and oxygen atoms in total. The maximum atomic E-state index is 10.9. The highest BCUT2D eigenvalue weighted by Crippen LogP contribution is 2.51. The van der Waals surface area contributed by atoms with E-state index in [0.29, 0.717) is 24.3 Å². The Morgan fingerprint density at radius 2 is 1.52 bits per heavy atom. The Morgan fingerprint density at radius 1 is 0.909 bits per heavy atom. The molecule has 2 rings (SSSR count). The third-order valence-electron chi connectivity index (χ3n) is 7.13. The Bertz CT molecular complexity index is 931. The van der Waals surface area contributed by atoms with E-state index < -0.39 is 16.7 Å². The molecule has 0 radical (unpaired) electrons. The van der Waals surface area contributed by atoms with Crippen LogP contribution in [0.1, 0.15) is 44.7 Å². The van der Waals surface area contributed by atoms with Crippen molar-refractivity contribution in [2.24, 2.45) is 5.92 Å². The van der Waals surface area contributed by atoms with Gasteiger partial charge in [0.15, 0.2) is 17.3 Å². The minimum Gasteiger partial charge on any atom is -0.493 e. The summed E-state index contributed by atoms with van der Waals surface area (Å²) in [6.07, 6.45) is 1.06. The van der Waals surface area contributed by atoms with Gasteiger partial charge in [-0.3, -0.25) is 0 Å². The van der Waals surface area contributed by atoms with Gasteiger partial charge in [0.25, 0.3) is 0 Å². The van der Waals surface area contributed by atoms with Crippen LogP contribution in [0.2, 0.25) is 0 Å². The average Bonchev–Trinajstić information content (AvgIpc) is 2.87. The van der Waals surface area contributed by atoms with E-state index in [0.717, 1.165) is 11.1 Å². The molecule has 33 heavy (non-hydrogen) atoms. The molecule has 0 aliphatic rings. The minimum atomic E-state index is -1.05. The molecule has 0 saturated heterocycles. The maximum Gasteiger partial charge on any atom is 0.196 e. The molecule has 0 heterocycles. The standard InChI is InChI=1S/C27H38N2O4/c1-9-25(29-4,18-27(32-7,33-8)21-13-11-10-12-14-21)26(19-28,20(2)3)22-15-16-23(30-5)24(17-22)31-6/h10-17,20,29H,9,18H2,1-8H3. The molecule has 0 fully saturated rings. The quantitative estimate of drug-likeness (QED) is 0.454. The topological polar surface area (TPSA) is 72.7 Å². The molecule has 6 heteroatoms. The highest BCUT2D eigenvalue weighted by atomic mass is 16.7. The van der Waals surface area contributed by atoms with Crippen LogP contribution in [-0.2, 0) is 20.7 Å². The number of methoxy groups -OCH3 is 4. The molecule has 1 N–H and O–H groups in total. The molecule has 0 amide bonds. The van der Waals surface area contributed by atoms with Gasteiger partial charge in [-0.15, -0.1) is 0 Å². The summed E-state index contributed by atoms with van der Waals surface area (Å²) in [7, 11) is 8.40. The van der Waals surface area contributed by atoms with Gasteiger partial charge in [-0.2, -0.15) is 5.26 Å². The molecule has 2 atom stereocenters. The van der Waals surface area contributed by atoms with Crippen molar-refractivity contribution in [2.45, 2.75) is 50.4 Å². The number of hydrogen-bond acceptors (Lipinski definition) is 6. The fraction of sp³-hybridized carbons (Fsp3) is 0.519. The average molecular weight is 455 g/mol. The van der Waals surface area contributed by atoms with Crippen molar-refractivity contribution in [2.75, 3.05) is 35.5 Å². The van der Waals surface area contributed by atoms with Gasteiger partial charge in [0.1, 0.15) is 5.41 Å². The van der Waals surface area contributed by atoms with Gasteiger partial charge in [0.05, 0.1) is 20.3 Å². The first-order valence-corrected chi connectivity index (χ1v) is 11.3. The monoisotopic (exact) mass is 454 g/mol. The van der Waals surface area contributed by atoms with E-state index in [4.69, 9.17) is 18.9 Å². The van der Waals surface area contributed by atoms with E-state index in [1.165, 1.54) is 0 Å². The van der Waals surface area contributed by atoms with Crippen LogP contribution in [0.4, 0.5) is 0 Å². The lowest BCUT2D eigenvalue weighted by Gasteiger charge is -2.52. The molecule has 2 unspecified atom stereocenters. The summed E-state index contributed by atoms with van der Waals surface area (Å²) < 4.78 is 23.1. The molecule has 180 valence electrons. The van der Waals surface area contributed by atoms with Crippen molar-refractivity contribution in [3.63, 3.8) is 0 Å². The van der Waals surface area contributed by atoms with Gasteiger partial charge in [-0.25, -0.2) is 0 Å². The zero-order valence-electron chi connectivity index (χ0n) is 21.2. The number of nitriles is 1. The van der Waals surface area contributed by atoms with E-state index >= 15 is 0 Å². The number of rotatable bonds is 12. The number of nitrogens with one attached hydrogen (secondary N) is 1. The predicted octanol–water partition coefficient (Wildman–Crippen LogP) is 5.03. The minimum absolute atomic E-state index is 0.0461. The molecule has 2 aromatic carbocycles. The van der Waals surface area contributed by atoms with Crippen LogP contribution in [0.3, 0.4) is 0 Å².